The molecule has 1 atom stereocenters. The minimum atomic E-state index is -0.475. The largest absolute Gasteiger partial charge is 0.497 e. The molecule has 0 saturated carbocycles. The minimum Gasteiger partial charge on any atom is -0.497 e. The molecule has 2 bridgehead atoms. The van der Waals surface area contributed by atoms with E-state index in [4.69, 9.17) is 15.5 Å². The van der Waals surface area contributed by atoms with Gasteiger partial charge in [0, 0.05) is 36.3 Å². The Morgan fingerprint density at radius 2 is 2.06 bits per heavy atom. The SMILES string of the molecule is COc1cccc([C@H]2C(C#N)=C3N=C(N)c4c(sc5c4C4CCN5CC4)N3C3=C2C(=O)CCC3)c1. The molecule has 2 N–H and O–H groups in total. The molecule has 0 spiro atoms. The summed E-state index contributed by atoms with van der Waals surface area (Å²) >= 11 is 1.74. The molecule has 8 rings (SSSR count). The summed E-state index contributed by atoms with van der Waals surface area (Å²) in [6, 6.07) is 10.1. The van der Waals surface area contributed by atoms with E-state index in [1.807, 2.05) is 24.3 Å². The number of fused-ring (bicyclic) bond motifs is 6. The molecule has 6 aliphatic rings. The highest BCUT2D eigenvalue weighted by Gasteiger charge is 2.46. The number of methoxy groups -OCH3 is 1. The summed E-state index contributed by atoms with van der Waals surface area (Å²) in [6.45, 7) is 2.15. The first kappa shape index (κ1) is 20.8. The van der Waals surface area contributed by atoms with Crippen LogP contribution in [0.1, 0.15) is 60.6 Å². The first-order chi connectivity index (χ1) is 17.1. The standard InChI is InChI=1S/C27H25N5O2S/c1-34-16-5-2-4-15(12-16)20-17(13-28)25-30-24(29)23-21-14-8-10-31(11-9-14)26(21)35-27(23)32(25)18-6-3-7-19(33)22(18)20/h2,4-5,12,14,20H,3,6-11H2,1H3,(H2,29,30)/t20-/m0/s1. The molecule has 1 aromatic heterocycles. The van der Waals surface area contributed by atoms with E-state index in [1.54, 1.807) is 18.4 Å². The molecule has 1 aliphatic carbocycles. The average Bonchev–Trinajstić information content (AvgIpc) is 3.32. The van der Waals surface area contributed by atoms with E-state index in [0.29, 0.717) is 35.3 Å². The van der Waals surface area contributed by atoms with Gasteiger partial charge in [-0.15, -0.1) is 0 Å². The molecular weight excluding hydrogens is 458 g/mol. The fourth-order valence-corrected chi connectivity index (χ4v) is 7.98. The summed E-state index contributed by atoms with van der Waals surface area (Å²) in [5, 5.41) is 12.8. The third-order valence-corrected chi connectivity index (χ3v) is 9.31. The zero-order valence-corrected chi connectivity index (χ0v) is 20.3. The molecule has 35 heavy (non-hydrogen) atoms. The first-order valence-corrected chi connectivity index (χ1v) is 13.0. The summed E-state index contributed by atoms with van der Waals surface area (Å²) in [6.07, 6.45) is 4.34. The van der Waals surface area contributed by atoms with Crippen molar-refractivity contribution in [2.75, 3.05) is 30.0 Å². The van der Waals surface area contributed by atoms with Gasteiger partial charge in [0.2, 0.25) is 0 Å². The van der Waals surface area contributed by atoms with Crippen LogP contribution in [0.25, 0.3) is 0 Å². The Morgan fingerprint density at radius 1 is 1.23 bits per heavy atom. The highest BCUT2D eigenvalue weighted by atomic mass is 32.1. The Hall–Kier alpha value is -3.57. The number of carbonyl (C=O) groups is 1. The van der Waals surface area contributed by atoms with Crippen molar-refractivity contribution in [1.82, 2.24) is 0 Å². The van der Waals surface area contributed by atoms with Gasteiger partial charge in [0.25, 0.3) is 0 Å². The van der Waals surface area contributed by atoms with E-state index in [1.165, 1.54) is 10.6 Å². The second kappa shape index (κ2) is 7.46. The molecule has 0 unspecified atom stereocenters. The lowest BCUT2D eigenvalue weighted by atomic mass is 9.75. The van der Waals surface area contributed by atoms with Crippen LogP contribution in [-0.2, 0) is 4.79 Å². The first-order valence-electron chi connectivity index (χ1n) is 12.2. The van der Waals surface area contributed by atoms with Crippen LogP contribution < -0.4 is 20.3 Å². The molecule has 6 heterocycles. The van der Waals surface area contributed by atoms with Gasteiger partial charge in [0.05, 0.1) is 35.2 Å². The number of piperidine rings is 1. The molecule has 8 heteroatoms. The van der Waals surface area contributed by atoms with Crippen molar-refractivity contribution >= 4 is 33.0 Å². The number of hydrogen-bond acceptors (Lipinski definition) is 8. The van der Waals surface area contributed by atoms with Gasteiger partial charge in [-0.05, 0) is 49.3 Å². The smallest absolute Gasteiger partial charge is 0.161 e. The van der Waals surface area contributed by atoms with Crippen LogP contribution in [0.15, 0.2) is 51.9 Å². The van der Waals surface area contributed by atoms with Crippen LogP contribution in [0.3, 0.4) is 0 Å². The number of amidine groups is 1. The molecule has 2 aromatic rings. The van der Waals surface area contributed by atoms with Crippen molar-refractivity contribution in [3.8, 4) is 11.8 Å². The van der Waals surface area contributed by atoms with Crippen LogP contribution in [0.4, 0.5) is 10.0 Å². The number of carbonyl (C=O) groups excluding carboxylic acids is 1. The zero-order chi connectivity index (χ0) is 23.8. The van der Waals surface area contributed by atoms with Gasteiger partial charge in [-0.25, -0.2) is 4.99 Å². The van der Waals surface area contributed by atoms with E-state index in [0.717, 1.165) is 66.2 Å². The van der Waals surface area contributed by atoms with Gasteiger partial charge in [-0.3, -0.25) is 9.69 Å². The molecule has 7 nitrogen and oxygen atoms in total. The number of hydrogen-bond donors (Lipinski definition) is 1. The van der Waals surface area contributed by atoms with Gasteiger partial charge in [-0.1, -0.05) is 23.5 Å². The average molecular weight is 484 g/mol. The van der Waals surface area contributed by atoms with Gasteiger partial charge in [0.15, 0.2) is 11.6 Å². The second-order valence-corrected chi connectivity index (χ2v) is 10.8. The topological polar surface area (TPSA) is 94.9 Å². The maximum Gasteiger partial charge on any atom is 0.161 e. The van der Waals surface area contributed by atoms with Crippen molar-refractivity contribution in [3.05, 3.63) is 63.6 Å². The molecular formula is C27H25N5O2S. The molecule has 1 fully saturated rings. The van der Waals surface area contributed by atoms with E-state index < -0.39 is 5.92 Å². The summed E-state index contributed by atoms with van der Waals surface area (Å²) in [4.78, 5) is 22.9. The monoisotopic (exact) mass is 483 g/mol. The van der Waals surface area contributed by atoms with Crippen molar-refractivity contribution in [2.45, 2.75) is 43.9 Å². The number of nitrogens with two attached hydrogens (primary N) is 1. The number of aliphatic imine (C=N–C) groups is 1. The molecule has 1 saturated heterocycles. The Kier molecular flexibility index (Phi) is 4.43. The lowest BCUT2D eigenvalue weighted by molar-refractivity contribution is -0.116. The van der Waals surface area contributed by atoms with E-state index in [9.17, 15) is 10.1 Å². The molecule has 0 radical (unpaired) electrons. The van der Waals surface area contributed by atoms with Crippen molar-refractivity contribution in [1.29, 1.82) is 5.26 Å². The van der Waals surface area contributed by atoms with Crippen molar-refractivity contribution in [3.63, 3.8) is 0 Å². The van der Waals surface area contributed by atoms with Gasteiger partial charge in [-0.2, -0.15) is 5.26 Å². The number of ketones is 1. The number of thiophene rings is 1. The number of ether oxygens (including phenoxy) is 1. The Bertz CT molecular complexity index is 1430. The normalized spacial score (nSPS) is 22.9. The van der Waals surface area contributed by atoms with E-state index in [-0.39, 0.29) is 5.78 Å². The minimum absolute atomic E-state index is 0.111. The number of anilines is 2. The third kappa shape index (κ3) is 2.76. The molecule has 0 amide bonds. The lowest BCUT2D eigenvalue weighted by Crippen LogP contribution is -2.40. The molecule has 5 aliphatic heterocycles. The Balaban J connectivity index is 1.50. The van der Waals surface area contributed by atoms with Crippen LogP contribution in [-0.4, -0.2) is 31.8 Å². The van der Waals surface area contributed by atoms with E-state index >= 15 is 0 Å². The summed E-state index contributed by atoms with van der Waals surface area (Å²) in [7, 11) is 1.62. The third-order valence-electron chi connectivity index (χ3n) is 8.06. The summed E-state index contributed by atoms with van der Waals surface area (Å²) in [5.41, 5.74) is 12.0. The summed E-state index contributed by atoms with van der Waals surface area (Å²) < 4.78 is 5.46. The lowest BCUT2D eigenvalue weighted by Gasteiger charge is -2.41. The molecule has 176 valence electrons. The van der Waals surface area contributed by atoms with Crippen LogP contribution >= 0.6 is 11.3 Å². The Labute approximate surface area is 207 Å². The number of nitriles is 1. The van der Waals surface area contributed by atoms with Crippen molar-refractivity contribution in [2.24, 2.45) is 10.7 Å². The van der Waals surface area contributed by atoms with Crippen LogP contribution in [0.2, 0.25) is 0 Å². The van der Waals surface area contributed by atoms with Gasteiger partial charge < -0.3 is 15.4 Å². The quantitative estimate of drug-likeness (QED) is 0.675. The highest BCUT2D eigenvalue weighted by molar-refractivity contribution is 7.21. The fraction of sp³-hybridized carbons (Fsp3) is 0.370. The predicted molar refractivity (Wildman–Crippen MR) is 136 cm³/mol. The number of rotatable bonds is 2. The van der Waals surface area contributed by atoms with Gasteiger partial charge >= 0.3 is 0 Å². The van der Waals surface area contributed by atoms with Crippen LogP contribution in [0, 0.1) is 11.3 Å². The highest BCUT2D eigenvalue weighted by Crippen LogP contribution is 2.57. The second-order valence-electron chi connectivity index (χ2n) is 9.79. The number of benzene rings is 1. The Morgan fingerprint density at radius 3 is 2.83 bits per heavy atom. The fourth-order valence-electron chi connectivity index (χ4n) is 6.51. The molecule has 1 aromatic carbocycles. The van der Waals surface area contributed by atoms with Crippen LogP contribution in [0.5, 0.6) is 5.75 Å². The number of Topliss-reactive ketones (excluding diaryl/α,β-unsaturated/α-hetero) is 1. The maximum absolute atomic E-state index is 13.5. The van der Waals surface area contributed by atoms with Gasteiger partial charge in [0.1, 0.15) is 16.6 Å². The predicted octanol–water partition coefficient (Wildman–Crippen LogP) is 4.52. The maximum atomic E-state index is 13.5. The summed E-state index contributed by atoms with van der Waals surface area (Å²) in [5.74, 6) is 1.89. The van der Waals surface area contributed by atoms with Crippen molar-refractivity contribution < 1.29 is 9.53 Å². The number of nitrogens with zero attached hydrogens (tertiary/aromatic N) is 4. The zero-order valence-electron chi connectivity index (χ0n) is 19.5. The van der Waals surface area contributed by atoms with E-state index in [2.05, 4.69) is 15.9 Å². The number of allylic oxidation sites excluding steroid dienone is 3.